The van der Waals surface area contributed by atoms with Crippen molar-refractivity contribution in [2.75, 3.05) is 14.2 Å². The Kier molecular flexibility index (Phi) is 11.4. The van der Waals surface area contributed by atoms with Gasteiger partial charge in [-0.3, -0.25) is 9.69 Å². The highest BCUT2D eigenvalue weighted by Crippen LogP contribution is 2.34. The summed E-state index contributed by atoms with van der Waals surface area (Å²) in [5.41, 5.74) is 0. The Morgan fingerprint density at radius 1 is 0.826 bits per heavy atom. The molecule has 0 aromatic rings. The van der Waals surface area contributed by atoms with Crippen molar-refractivity contribution >= 4 is 5.97 Å². The molecule has 3 nitrogen and oxygen atoms in total. The molecule has 1 aliphatic heterocycles. The summed E-state index contributed by atoms with van der Waals surface area (Å²) >= 11 is 0. The zero-order valence-corrected chi connectivity index (χ0v) is 15.8. The number of ether oxygens (including phenoxy) is 1. The zero-order chi connectivity index (χ0) is 16.9. The number of hydrogen-bond acceptors (Lipinski definition) is 3. The van der Waals surface area contributed by atoms with Gasteiger partial charge in [-0.25, -0.2) is 0 Å². The molecule has 0 aromatic heterocycles. The molecule has 0 bridgehead atoms. The average Bonchev–Trinajstić information content (AvgIpc) is 3.18. The third-order valence-corrected chi connectivity index (χ3v) is 5.36. The van der Waals surface area contributed by atoms with Crippen molar-refractivity contribution in [2.45, 2.75) is 109 Å². The van der Waals surface area contributed by atoms with Crippen LogP contribution in [0, 0.1) is 0 Å². The normalized spacial score (nSPS) is 23.0. The largest absolute Gasteiger partial charge is 0.469 e. The van der Waals surface area contributed by atoms with Crippen molar-refractivity contribution in [3.63, 3.8) is 0 Å². The molecule has 1 saturated heterocycles. The van der Waals surface area contributed by atoms with Crippen molar-refractivity contribution in [3.05, 3.63) is 0 Å². The van der Waals surface area contributed by atoms with Crippen LogP contribution in [0.2, 0.25) is 0 Å². The summed E-state index contributed by atoms with van der Waals surface area (Å²) in [5.74, 6) is -0.0675. The molecule has 0 saturated carbocycles. The van der Waals surface area contributed by atoms with Gasteiger partial charge in [-0.1, -0.05) is 71.1 Å². The van der Waals surface area contributed by atoms with Crippen LogP contribution in [-0.2, 0) is 9.53 Å². The van der Waals surface area contributed by atoms with Crippen LogP contribution >= 0.6 is 0 Å². The third kappa shape index (κ3) is 9.34. The van der Waals surface area contributed by atoms with Crippen LogP contribution in [0.1, 0.15) is 96.8 Å². The highest BCUT2D eigenvalue weighted by Gasteiger charge is 2.42. The second-order valence-corrected chi connectivity index (χ2v) is 7.24. The molecule has 0 aromatic carbocycles. The van der Waals surface area contributed by atoms with Crippen molar-refractivity contribution in [1.82, 2.24) is 4.90 Å². The fourth-order valence-electron chi connectivity index (χ4n) is 3.65. The second-order valence-electron chi connectivity index (χ2n) is 7.24. The van der Waals surface area contributed by atoms with E-state index in [9.17, 15) is 4.79 Å². The number of hydrogen-bond donors (Lipinski definition) is 0. The minimum atomic E-state index is -0.0675. The van der Waals surface area contributed by atoms with E-state index in [1.54, 1.807) is 0 Å². The molecule has 136 valence electrons. The van der Waals surface area contributed by atoms with E-state index in [1.807, 2.05) is 0 Å². The van der Waals surface area contributed by atoms with Crippen molar-refractivity contribution in [3.8, 4) is 0 Å². The molecule has 1 heterocycles. The van der Waals surface area contributed by atoms with E-state index < -0.39 is 0 Å². The highest BCUT2D eigenvalue weighted by molar-refractivity contribution is 5.68. The van der Waals surface area contributed by atoms with E-state index in [2.05, 4.69) is 23.6 Å². The number of rotatable bonds is 15. The maximum absolute atomic E-state index is 11.0. The minimum absolute atomic E-state index is 0.0675. The first-order valence-corrected chi connectivity index (χ1v) is 9.99. The summed E-state index contributed by atoms with van der Waals surface area (Å²) in [6.45, 7) is 2.28. The van der Waals surface area contributed by atoms with Crippen LogP contribution in [0.3, 0.4) is 0 Å². The molecule has 1 rings (SSSR count). The minimum Gasteiger partial charge on any atom is -0.469 e. The molecule has 0 radical (unpaired) electrons. The predicted molar refractivity (Wildman–Crippen MR) is 97.7 cm³/mol. The smallest absolute Gasteiger partial charge is 0.305 e. The number of methoxy groups -OCH3 is 1. The lowest BCUT2D eigenvalue weighted by Gasteiger charge is -2.02. The highest BCUT2D eigenvalue weighted by atomic mass is 16.5. The van der Waals surface area contributed by atoms with Gasteiger partial charge in [0.05, 0.1) is 7.11 Å². The Labute approximate surface area is 144 Å². The Morgan fingerprint density at radius 3 is 1.83 bits per heavy atom. The van der Waals surface area contributed by atoms with Crippen LogP contribution in [0.5, 0.6) is 0 Å². The fraction of sp³-hybridized carbons (Fsp3) is 0.950. The molecular weight excluding hydrogens is 286 g/mol. The molecule has 0 amide bonds. The number of carbonyl (C=O) groups is 1. The number of esters is 1. The standard InChI is InChI=1S/C20H39NO2/c1-4-5-6-7-9-12-15-18-19(21(18)2)16-13-10-8-11-14-17-20(22)23-3/h18-19H,4-17H2,1-3H3/t18-,19+,21?/m0/s1. The molecule has 3 heteroatoms. The molecule has 23 heavy (non-hydrogen) atoms. The Hall–Kier alpha value is -0.570. The lowest BCUT2D eigenvalue weighted by atomic mass is 10.0. The van der Waals surface area contributed by atoms with E-state index in [-0.39, 0.29) is 5.97 Å². The molecule has 0 aliphatic carbocycles. The number of carbonyl (C=O) groups excluding carboxylic acids is 1. The Balaban J connectivity index is 1.87. The van der Waals surface area contributed by atoms with Gasteiger partial charge in [0.15, 0.2) is 0 Å². The van der Waals surface area contributed by atoms with Gasteiger partial charge in [0.1, 0.15) is 0 Å². The van der Waals surface area contributed by atoms with Crippen molar-refractivity contribution < 1.29 is 9.53 Å². The second kappa shape index (κ2) is 12.8. The number of unbranched alkanes of at least 4 members (excludes halogenated alkanes) is 9. The average molecular weight is 326 g/mol. The fourth-order valence-corrected chi connectivity index (χ4v) is 3.65. The van der Waals surface area contributed by atoms with Crippen LogP contribution in [0.4, 0.5) is 0 Å². The first-order chi connectivity index (χ1) is 11.2. The number of likely N-dealkylation sites (N-methyl/N-ethyl adjacent to an activating group) is 1. The molecular formula is C20H39NO2. The summed E-state index contributed by atoms with van der Waals surface area (Å²) in [6, 6.07) is 1.74. The lowest BCUT2D eigenvalue weighted by Crippen LogP contribution is -1.99. The Morgan fingerprint density at radius 2 is 1.30 bits per heavy atom. The van der Waals surface area contributed by atoms with Gasteiger partial charge in [0.25, 0.3) is 0 Å². The van der Waals surface area contributed by atoms with E-state index in [0.717, 1.165) is 24.9 Å². The summed E-state index contributed by atoms with van der Waals surface area (Å²) in [7, 11) is 3.76. The van der Waals surface area contributed by atoms with Gasteiger partial charge in [0.2, 0.25) is 0 Å². The topological polar surface area (TPSA) is 29.3 Å². The van der Waals surface area contributed by atoms with Gasteiger partial charge in [-0.2, -0.15) is 0 Å². The maximum Gasteiger partial charge on any atom is 0.305 e. The van der Waals surface area contributed by atoms with Crippen molar-refractivity contribution in [1.29, 1.82) is 0 Å². The van der Waals surface area contributed by atoms with Gasteiger partial charge in [-0.05, 0) is 26.3 Å². The molecule has 1 aliphatic rings. The van der Waals surface area contributed by atoms with Gasteiger partial charge < -0.3 is 4.74 Å². The number of nitrogens with zero attached hydrogens (tertiary/aromatic N) is 1. The molecule has 0 N–H and O–H groups in total. The van der Waals surface area contributed by atoms with E-state index in [4.69, 9.17) is 0 Å². The lowest BCUT2D eigenvalue weighted by molar-refractivity contribution is -0.140. The van der Waals surface area contributed by atoms with Crippen LogP contribution in [0.25, 0.3) is 0 Å². The maximum atomic E-state index is 11.0. The molecule has 0 spiro atoms. The molecule has 3 atom stereocenters. The zero-order valence-electron chi connectivity index (χ0n) is 15.8. The molecule has 1 unspecified atom stereocenters. The summed E-state index contributed by atoms with van der Waals surface area (Å²) in [6.07, 6.45) is 17.9. The molecule has 1 fully saturated rings. The van der Waals surface area contributed by atoms with Gasteiger partial charge >= 0.3 is 5.97 Å². The first kappa shape index (κ1) is 20.5. The quantitative estimate of drug-likeness (QED) is 0.232. The first-order valence-electron chi connectivity index (χ1n) is 9.99. The van der Waals surface area contributed by atoms with E-state index >= 15 is 0 Å². The van der Waals surface area contributed by atoms with Crippen LogP contribution in [0.15, 0.2) is 0 Å². The van der Waals surface area contributed by atoms with E-state index in [1.165, 1.54) is 77.7 Å². The predicted octanol–water partition coefficient (Wildman–Crippen LogP) is 5.32. The summed E-state index contributed by atoms with van der Waals surface area (Å²) < 4.78 is 4.66. The van der Waals surface area contributed by atoms with Crippen LogP contribution in [-0.4, -0.2) is 37.1 Å². The summed E-state index contributed by atoms with van der Waals surface area (Å²) in [5, 5.41) is 0. The third-order valence-electron chi connectivity index (χ3n) is 5.36. The monoisotopic (exact) mass is 325 g/mol. The Bertz CT molecular complexity index is 306. The van der Waals surface area contributed by atoms with Gasteiger partial charge in [0, 0.05) is 18.5 Å². The van der Waals surface area contributed by atoms with Gasteiger partial charge in [-0.15, -0.1) is 0 Å². The van der Waals surface area contributed by atoms with Crippen LogP contribution < -0.4 is 0 Å². The van der Waals surface area contributed by atoms with Crippen molar-refractivity contribution in [2.24, 2.45) is 0 Å². The summed E-state index contributed by atoms with van der Waals surface area (Å²) in [4.78, 5) is 13.6. The van der Waals surface area contributed by atoms with E-state index in [0.29, 0.717) is 6.42 Å². The SMILES string of the molecule is CCCCCCCC[C@H]1[C@@H](CCCCCCCC(=O)OC)N1C.